The third kappa shape index (κ3) is 4.42. The molecule has 0 atom stereocenters. The lowest BCUT2D eigenvalue weighted by molar-refractivity contribution is 0.118. The second kappa shape index (κ2) is 8.11. The number of benzene rings is 2. The fourth-order valence-electron chi connectivity index (χ4n) is 2.97. The molecule has 0 spiro atoms. The first-order valence-corrected chi connectivity index (χ1v) is 9.67. The van der Waals surface area contributed by atoms with Gasteiger partial charge in [0.25, 0.3) is 0 Å². The number of rotatable bonds is 8. The van der Waals surface area contributed by atoms with Crippen LogP contribution in [0.5, 0.6) is 0 Å². The summed E-state index contributed by atoms with van der Waals surface area (Å²) in [5, 5.41) is 3.11. The molecule has 0 aliphatic heterocycles. The van der Waals surface area contributed by atoms with Gasteiger partial charge in [-0.25, -0.2) is 0 Å². The minimum atomic E-state index is -1.36. The SMILES string of the molecule is C=CCCOCC(C)(C)[SiH](c1ccccc1)c1ccccc1. The molecule has 0 aliphatic carbocycles. The van der Waals surface area contributed by atoms with Gasteiger partial charge in [0.1, 0.15) is 8.80 Å². The van der Waals surface area contributed by atoms with Crippen LogP contribution in [0.15, 0.2) is 73.3 Å². The molecule has 0 amide bonds. The molecule has 2 aromatic carbocycles. The van der Waals surface area contributed by atoms with Gasteiger partial charge < -0.3 is 4.74 Å². The average Bonchev–Trinajstić information content (AvgIpc) is 2.54. The lowest BCUT2D eigenvalue weighted by Crippen LogP contribution is -2.51. The predicted molar refractivity (Wildman–Crippen MR) is 99.0 cm³/mol. The lowest BCUT2D eigenvalue weighted by Gasteiger charge is -2.34. The van der Waals surface area contributed by atoms with Crippen LogP contribution in [0.2, 0.25) is 5.04 Å². The van der Waals surface area contributed by atoms with E-state index in [1.54, 1.807) is 0 Å². The van der Waals surface area contributed by atoms with E-state index < -0.39 is 8.80 Å². The highest BCUT2D eigenvalue weighted by molar-refractivity contribution is 6.87. The van der Waals surface area contributed by atoms with Gasteiger partial charge in [0, 0.05) is 6.61 Å². The first-order chi connectivity index (χ1) is 10.6. The van der Waals surface area contributed by atoms with Crippen LogP contribution in [0.3, 0.4) is 0 Å². The van der Waals surface area contributed by atoms with E-state index in [9.17, 15) is 0 Å². The fourth-order valence-corrected chi connectivity index (χ4v) is 6.66. The van der Waals surface area contributed by atoms with Crippen LogP contribution in [-0.4, -0.2) is 22.0 Å². The summed E-state index contributed by atoms with van der Waals surface area (Å²) in [4.78, 5) is 0. The van der Waals surface area contributed by atoms with E-state index in [-0.39, 0.29) is 5.04 Å². The van der Waals surface area contributed by atoms with Gasteiger partial charge >= 0.3 is 0 Å². The molecule has 2 heteroatoms. The van der Waals surface area contributed by atoms with E-state index in [0.29, 0.717) is 0 Å². The number of hydrogen-bond acceptors (Lipinski definition) is 1. The molecule has 0 saturated carbocycles. The first kappa shape index (κ1) is 16.7. The monoisotopic (exact) mass is 310 g/mol. The van der Waals surface area contributed by atoms with Gasteiger partial charge in [-0.1, -0.05) is 91.0 Å². The third-order valence-corrected chi connectivity index (χ3v) is 7.82. The Morgan fingerprint density at radius 2 is 1.45 bits per heavy atom. The van der Waals surface area contributed by atoms with Crippen molar-refractivity contribution in [2.24, 2.45) is 0 Å². The van der Waals surface area contributed by atoms with Crippen molar-refractivity contribution in [1.29, 1.82) is 0 Å². The first-order valence-electron chi connectivity index (χ1n) is 7.93. The summed E-state index contributed by atoms with van der Waals surface area (Å²) in [6.07, 6.45) is 2.83. The van der Waals surface area contributed by atoms with Gasteiger partial charge in [-0.05, 0) is 11.5 Å². The molecule has 0 N–H and O–H groups in total. The molecule has 22 heavy (non-hydrogen) atoms. The Labute approximate surface area is 136 Å². The molecule has 0 aliphatic rings. The van der Waals surface area contributed by atoms with Crippen LogP contribution in [-0.2, 0) is 4.74 Å². The van der Waals surface area contributed by atoms with E-state index >= 15 is 0 Å². The minimum absolute atomic E-state index is 0.157. The van der Waals surface area contributed by atoms with E-state index in [2.05, 4.69) is 81.1 Å². The van der Waals surface area contributed by atoms with Gasteiger partial charge in [-0.2, -0.15) is 0 Å². The fraction of sp³-hybridized carbons (Fsp3) is 0.300. The van der Waals surface area contributed by atoms with Gasteiger partial charge in [0.05, 0.1) is 6.61 Å². The van der Waals surface area contributed by atoms with Crippen LogP contribution < -0.4 is 10.4 Å². The molecule has 1 nitrogen and oxygen atoms in total. The maximum absolute atomic E-state index is 5.93. The Bertz CT molecular complexity index is 523. The third-order valence-electron chi connectivity index (χ3n) is 3.99. The minimum Gasteiger partial charge on any atom is -0.381 e. The predicted octanol–water partition coefficient (Wildman–Crippen LogP) is 3.40. The molecule has 116 valence electrons. The highest BCUT2D eigenvalue weighted by atomic mass is 28.3. The summed E-state index contributed by atoms with van der Waals surface area (Å²) < 4.78 is 5.93. The van der Waals surface area contributed by atoms with Crippen LogP contribution in [0.25, 0.3) is 0 Å². The van der Waals surface area contributed by atoms with Crippen LogP contribution >= 0.6 is 0 Å². The van der Waals surface area contributed by atoms with Crippen molar-refractivity contribution in [3.8, 4) is 0 Å². The maximum Gasteiger partial charge on any atom is 0.110 e. The van der Waals surface area contributed by atoms with Crippen molar-refractivity contribution in [3.05, 3.63) is 73.3 Å². The standard InChI is InChI=1S/C20H26OSi/c1-4-5-16-21-17-20(2,3)22(18-12-8-6-9-13-18)19-14-10-7-11-15-19/h4,6-15,22H,1,5,16-17H2,2-3H3. The topological polar surface area (TPSA) is 9.23 Å². The average molecular weight is 311 g/mol. The summed E-state index contributed by atoms with van der Waals surface area (Å²) in [7, 11) is -1.36. The van der Waals surface area contributed by atoms with Crippen molar-refractivity contribution in [1.82, 2.24) is 0 Å². The molecule has 0 heterocycles. The van der Waals surface area contributed by atoms with Crippen molar-refractivity contribution in [2.45, 2.75) is 25.3 Å². The van der Waals surface area contributed by atoms with Crippen molar-refractivity contribution >= 4 is 19.2 Å². The quantitative estimate of drug-likeness (QED) is 0.412. The van der Waals surface area contributed by atoms with Gasteiger partial charge in [0.15, 0.2) is 0 Å². The summed E-state index contributed by atoms with van der Waals surface area (Å²) in [5.41, 5.74) is 0. The summed E-state index contributed by atoms with van der Waals surface area (Å²) >= 11 is 0. The second-order valence-electron chi connectivity index (χ2n) is 6.37. The summed E-state index contributed by atoms with van der Waals surface area (Å²) in [5.74, 6) is 0. The second-order valence-corrected chi connectivity index (χ2v) is 10.1. The van der Waals surface area contributed by atoms with Gasteiger partial charge in [0.2, 0.25) is 0 Å². The van der Waals surface area contributed by atoms with Gasteiger partial charge in [-0.15, -0.1) is 6.58 Å². The zero-order valence-electron chi connectivity index (χ0n) is 13.7. The molecular weight excluding hydrogens is 284 g/mol. The highest BCUT2D eigenvalue weighted by Crippen LogP contribution is 2.28. The Morgan fingerprint density at radius 3 is 1.91 bits per heavy atom. The normalized spacial score (nSPS) is 11.6. The molecule has 0 saturated heterocycles. The molecule has 0 aromatic heterocycles. The largest absolute Gasteiger partial charge is 0.381 e. The van der Waals surface area contributed by atoms with Crippen LogP contribution in [0.4, 0.5) is 0 Å². The smallest absolute Gasteiger partial charge is 0.110 e. The van der Waals surface area contributed by atoms with Crippen LogP contribution in [0, 0.1) is 0 Å². The number of hydrogen-bond donors (Lipinski definition) is 0. The van der Waals surface area contributed by atoms with E-state index in [0.717, 1.165) is 19.6 Å². The Morgan fingerprint density at radius 1 is 0.955 bits per heavy atom. The van der Waals surface area contributed by atoms with E-state index in [4.69, 9.17) is 4.74 Å². The Balaban J connectivity index is 2.26. The van der Waals surface area contributed by atoms with Crippen molar-refractivity contribution in [2.75, 3.05) is 13.2 Å². The molecule has 2 rings (SSSR count). The van der Waals surface area contributed by atoms with Gasteiger partial charge in [-0.3, -0.25) is 0 Å². The van der Waals surface area contributed by atoms with E-state index in [1.807, 2.05) is 6.08 Å². The highest BCUT2D eigenvalue weighted by Gasteiger charge is 2.33. The van der Waals surface area contributed by atoms with E-state index in [1.165, 1.54) is 10.4 Å². The molecule has 0 radical (unpaired) electrons. The zero-order valence-corrected chi connectivity index (χ0v) is 14.8. The van der Waals surface area contributed by atoms with Crippen molar-refractivity contribution < 1.29 is 4.74 Å². The van der Waals surface area contributed by atoms with Crippen molar-refractivity contribution in [3.63, 3.8) is 0 Å². The molecule has 2 aromatic rings. The molecular formula is C20H26OSi. The molecule has 0 unspecified atom stereocenters. The molecule has 0 bridgehead atoms. The Hall–Kier alpha value is -1.64. The summed E-state index contributed by atoms with van der Waals surface area (Å²) in [6, 6.07) is 21.9. The number of ether oxygens (including phenoxy) is 1. The maximum atomic E-state index is 5.93. The summed E-state index contributed by atoms with van der Waals surface area (Å²) in [6.45, 7) is 10.00. The molecule has 0 fully saturated rings. The lowest BCUT2D eigenvalue weighted by atomic mass is 10.2. The van der Waals surface area contributed by atoms with Crippen LogP contribution in [0.1, 0.15) is 20.3 Å². The zero-order chi connectivity index (χ0) is 15.8. The Kier molecular flexibility index (Phi) is 6.17.